The summed E-state index contributed by atoms with van der Waals surface area (Å²) in [7, 11) is 1.25. The van der Waals surface area contributed by atoms with Crippen molar-refractivity contribution in [2.75, 3.05) is 7.11 Å². The second-order valence-corrected chi connectivity index (χ2v) is 3.27. The lowest BCUT2D eigenvalue weighted by atomic mass is 9.96. The van der Waals surface area contributed by atoms with Gasteiger partial charge in [-0.25, -0.2) is 8.78 Å². The van der Waals surface area contributed by atoms with E-state index in [1.165, 1.54) is 19.3 Å². The Bertz CT molecular complexity index is 402. The van der Waals surface area contributed by atoms with Crippen LogP contribution in [0, 0.1) is 11.6 Å². The molecule has 1 aromatic carbocycles. The highest BCUT2D eigenvalue weighted by Crippen LogP contribution is 2.23. The highest BCUT2D eigenvalue weighted by molar-refractivity contribution is 5.78. The Hall–Kier alpha value is -1.71. The van der Waals surface area contributed by atoms with Gasteiger partial charge in [0.1, 0.15) is 0 Å². The van der Waals surface area contributed by atoms with Gasteiger partial charge in [0, 0.05) is 0 Å². The molecule has 1 aromatic rings. The number of halogens is 2. The number of allylic oxidation sites excluding steroid dienone is 1. The number of carbonyl (C=O) groups is 1. The lowest BCUT2D eigenvalue weighted by molar-refractivity contribution is -0.142. The molecule has 86 valence electrons. The van der Waals surface area contributed by atoms with Gasteiger partial charge >= 0.3 is 5.97 Å². The van der Waals surface area contributed by atoms with Crippen molar-refractivity contribution in [3.05, 3.63) is 48.1 Å². The Balaban J connectivity index is 3.05. The van der Waals surface area contributed by atoms with Gasteiger partial charge in [0.15, 0.2) is 11.6 Å². The summed E-state index contributed by atoms with van der Waals surface area (Å²) in [6.07, 6.45) is 1.85. The fourth-order valence-electron chi connectivity index (χ4n) is 1.41. The molecular weight excluding hydrogens is 214 g/mol. The molecule has 0 aromatic heterocycles. The third kappa shape index (κ3) is 2.66. The van der Waals surface area contributed by atoms with Crippen LogP contribution in [0.3, 0.4) is 0 Å². The van der Waals surface area contributed by atoms with Crippen molar-refractivity contribution in [1.29, 1.82) is 0 Å². The Morgan fingerprint density at radius 1 is 1.50 bits per heavy atom. The van der Waals surface area contributed by atoms with Crippen LogP contribution in [-0.4, -0.2) is 13.1 Å². The Morgan fingerprint density at radius 3 is 2.69 bits per heavy atom. The van der Waals surface area contributed by atoms with Crippen molar-refractivity contribution in [1.82, 2.24) is 0 Å². The summed E-state index contributed by atoms with van der Waals surface area (Å²) in [5.41, 5.74) is 0.380. The Morgan fingerprint density at radius 2 is 2.19 bits per heavy atom. The molecule has 0 aliphatic heterocycles. The highest BCUT2D eigenvalue weighted by Gasteiger charge is 2.21. The van der Waals surface area contributed by atoms with Gasteiger partial charge in [-0.3, -0.25) is 4.79 Å². The molecule has 0 radical (unpaired) electrons. The first kappa shape index (κ1) is 12.4. The fraction of sp³-hybridized carbons (Fsp3) is 0.250. The number of hydrogen-bond donors (Lipinski definition) is 0. The molecule has 4 heteroatoms. The molecule has 2 nitrogen and oxygen atoms in total. The first-order valence-corrected chi connectivity index (χ1v) is 4.73. The molecule has 0 bridgehead atoms. The van der Waals surface area contributed by atoms with Crippen LogP contribution in [-0.2, 0) is 9.53 Å². The van der Waals surface area contributed by atoms with Gasteiger partial charge in [0.2, 0.25) is 0 Å². The Labute approximate surface area is 92.5 Å². The minimum Gasteiger partial charge on any atom is -0.469 e. The molecule has 1 atom stereocenters. The summed E-state index contributed by atoms with van der Waals surface area (Å²) in [5, 5.41) is 0. The zero-order chi connectivity index (χ0) is 12.1. The van der Waals surface area contributed by atoms with E-state index in [2.05, 4.69) is 11.3 Å². The van der Waals surface area contributed by atoms with E-state index < -0.39 is 23.5 Å². The third-order valence-corrected chi connectivity index (χ3v) is 2.23. The van der Waals surface area contributed by atoms with E-state index in [4.69, 9.17) is 0 Å². The number of esters is 1. The summed E-state index contributed by atoms with van der Waals surface area (Å²) in [6, 6.07) is 3.35. The number of rotatable bonds is 4. The number of benzene rings is 1. The quantitative estimate of drug-likeness (QED) is 0.583. The van der Waals surface area contributed by atoms with Crippen LogP contribution in [0.25, 0.3) is 0 Å². The SMILES string of the molecule is C=CCC(C(=O)OC)c1ccc(F)c(F)c1. The van der Waals surface area contributed by atoms with E-state index in [0.717, 1.165) is 12.1 Å². The van der Waals surface area contributed by atoms with Gasteiger partial charge in [0.25, 0.3) is 0 Å². The average molecular weight is 226 g/mol. The maximum absolute atomic E-state index is 13.0. The average Bonchev–Trinajstić information content (AvgIpc) is 2.29. The molecule has 0 heterocycles. The predicted octanol–water partition coefficient (Wildman–Crippen LogP) is 2.80. The fourth-order valence-corrected chi connectivity index (χ4v) is 1.41. The second-order valence-electron chi connectivity index (χ2n) is 3.27. The van der Waals surface area contributed by atoms with E-state index in [9.17, 15) is 13.6 Å². The summed E-state index contributed by atoms with van der Waals surface area (Å²) < 4.78 is 30.3. The number of hydrogen-bond acceptors (Lipinski definition) is 2. The van der Waals surface area contributed by atoms with Crippen molar-refractivity contribution < 1.29 is 18.3 Å². The van der Waals surface area contributed by atoms with E-state index in [1.807, 2.05) is 0 Å². The van der Waals surface area contributed by atoms with Crippen molar-refractivity contribution in [3.8, 4) is 0 Å². The second kappa shape index (κ2) is 5.39. The van der Waals surface area contributed by atoms with Crippen LogP contribution in [0.15, 0.2) is 30.9 Å². The summed E-state index contributed by atoms with van der Waals surface area (Å²) in [5.74, 6) is -3.05. The monoisotopic (exact) mass is 226 g/mol. The Kier molecular flexibility index (Phi) is 4.17. The molecule has 0 aliphatic rings. The van der Waals surface area contributed by atoms with E-state index in [1.54, 1.807) is 0 Å². The minimum atomic E-state index is -0.976. The van der Waals surface area contributed by atoms with Gasteiger partial charge in [-0.15, -0.1) is 6.58 Å². The molecule has 1 rings (SSSR count). The van der Waals surface area contributed by atoms with Crippen LogP contribution in [0.4, 0.5) is 8.78 Å². The van der Waals surface area contributed by atoms with Gasteiger partial charge in [0.05, 0.1) is 13.0 Å². The third-order valence-electron chi connectivity index (χ3n) is 2.23. The maximum atomic E-state index is 13.0. The zero-order valence-electron chi connectivity index (χ0n) is 8.87. The molecule has 1 unspecified atom stereocenters. The summed E-state index contributed by atoms with van der Waals surface area (Å²) in [4.78, 5) is 11.4. The lowest BCUT2D eigenvalue weighted by Gasteiger charge is -2.13. The lowest BCUT2D eigenvalue weighted by Crippen LogP contribution is -2.14. The van der Waals surface area contributed by atoms with Crippen LogP contribution >= 0.6 is 0 Å². The number of carbonyl (C=O) groups excluding carboxylic acids is 1. The smallest absolute Gasteiger partial charge is 0.313 e. The topological polar surface area (TPSA) is 26.3 Å². The molecule has 0 spiro atoms. The summed E-state index contributed by atoms with van der Waals surface area (Å²) in [6.45, 7) is 3.51. The van der Waals surface area contributed by atoms with Gasteiger partial charge in [-0.1, -0.05) is 12.1 Å². The first-order chi connectivity index (χ1) is 7.60. The van der Waals surface area contributed by atoms with Crippen molar-refractivity contribution in [3.63, 3.8) is 0 Å². The van der Waals surface area contributed by atoms with Crippen molar-refractivity contribution in [2.24, 2.45) is 0 Å². The minimum absolute atomic E-state index is 0.317. The zero-order valence-corrected chi connectivity index (χ0v) is 8.87. The van der Waals surface area contributed by atoms with Crippen LogP contribution in [0.2, 0.25) is 0 Å². The number of methoxy groups -OCH3 is 1. The van der Waals surface area contributed by atoms with Crippen LogP contribution < -0.4 is 0 Å². The molecule has 0 saturated carbocycles. The molecule has 0 fully saturated rings. The summed E-state index contributed by atoms with van der Waals surface area (Å²) >= 11 is 0. The normalized spacial score (nSPS) is 11.9. The predicted molar refractivity (Wildman–Crippen MR) is 55.9 cm³/mol. The standard InChI is InChI=1S/C12H12F2O2/c1-3-4-9(12(15)16-2)8-5-6-10(13)11(14)7-8/h3,5-7,9H,1,4H2,2H3. The van der Waals surface area contributed by atoms with Crippen molar-refractivity contribution in [2.45, 2.75) is 12.3 Å². The van der Waals surface area contributed by atoms with E-state index in [-0.39, 0.29) is 0 Å². The molecule has 0 N–H and O–H groups in total. The van der Waals surface area contributed by atoms with Gasteiger partial charge in [-0.2, -0.15) is 0 Å². The van der Waals surface area contributed by atoms with Gasteiger partial charge in [-0.05, 0) is 24.1 Å². The van der Waals surface area contributed by atoms with E-state index in [0.29, 0.717) is 12.0 Å². The molecule has 0 amide bonds. The highest BCUT2D eigenvalue weighted by atomic mass is 19.2. The van der Waals surface area contributed by atoms with Crippen LogP contribution in [0.1, 0.15) is 17.9 Å². The van der Waals surface area contributed by atoms with Crippen molar-refractivity contribution >= 4 is 5.97 Å². The maximum Gasteiger partial charge on any atom is 0.313 e. The molecule has 0 aliphatic carbocycles. The van der Waals surface area contributed by atoms with E-state index >= 15 is 0 Å². The number of ether oxygens (including phenoxy) is 1. The first-order valence-electron chi connectivity index (χ1n) is 4.73. The molecule has 0 saturated heterocycles. The van der Waals surface area contributed by atoms with Crippen LogP contribution in [0.5, 0.6) is 0 Å². The molecule has 16 heavy (non-hydrogen) atoms. The molecular formula is C12H12F2O2. The van der Waals surface area contributed by atoms with Gasteiger partial charge < -0.3 is 4.74 Å². The largest absolute Gasteiger partial charge is 0.469 e.